The number of benzene rings is 2. The molecule has 2 aliphatic heterocycles. The molecule has 2 aromatic carbocycles. The first-order valence-electron chi connectivity index (χ1n) is 11.2. The molecule has 1 saturated heterocycles. The van der Waals surface area contributed by atoms with Gasteiger partial charge in [-0.15, -0.1) is 11.8 Å². The molecule has 2 aliphatic rings. The summed E-state index contributed by atoms with van der Waals surface area (Å²) in [6.45, 7) is 2.60. The van der Waals surface area contributed by atoms with Gasteiger partial charge in [-0.05, 0) is 43.2 Å². The molecule has 4 rings (SSSR count). The molecule has 0 saturated carbocycles. The number of rotatable bonds is 10. The van der Waals surface area contributed by atoms with Crippen molar-refractivity contribution in [3.63, 3.8) is 0 Å². The van der Waals surface area contributed by atoms with Crippen molar-refractivity contribution in [2.45, 2.75) is 42.1 Å². The van der Waals surface area contributed by atoms with Gasteiger partial charge >= 0.3 is 0 Å². The number of thioether (sulfide) groups is 1. The smallest absolute Gasteiger partial charge is 0.297 e. The summed E-state index contributed by atoms with van der Waals surface area (Å²) in [7, 11) is -3.82. The minimum atomic E-state index is -3.82. The van der Waals surface area contributed by atoms with Crippen LogP contribution in [0.5, 0.6) is 0 Å². The van der Waals surface area contributed by atoms with Gasteiger partial charge in [-0.1, -0.05) is 23.8 Å². The van der Waals surface area contributed by atoms with Crippen LogP contribution in [-0.4, -0.2) is 62.7 Å². The Morgan fingerprint density at radius 2 is 1.83 bits per heavy atom. The van der Waals surface area contributed by atoms with E-state index in [0.717, 1.165) is 16.0 Å². The lowest BCUT2D eigenvalue weighted by Crippen LogP contribution is -2.52. The first kappa shape index (κ1) is 25.4. The molecule has 1 N–H and O–H groups in total. The van der Waals surface area contributed by atoms with Crippen molar-refractivity contribution in [3.05, 3.63) is 59.2 Å². The number of nitrogens with zero attached hydrogens (tertiary/aromatic N) is 1. The summed E-state index contributed by atoms with van der Waals surface area (Å²) in [6, 6.07) is 11.3. The van der Waals surface area contributed by atoms with Crippen LogP contribution >= 0.6 is 11.8 Å². The number of hydrogen-bond donors (Lipinski definition) is 1. The van der Waals surface area contributed by atoms with Gasteiger partial charge in [-0.3, -0.25) is 23.9 Å². The van der Waals surface area contributed by atoms with Gasteiger partial charge in [-0.25, -0.2) is 0 Å². The molecule has 0 spiro atoms. The third kappa shape index (κ3) is 5.92. The van der Waals surface area contributed by atoms with E-state index in [1.54, 1.807) is 24.3 Å². The second kappa shape index (κ2) is 10.9. The Bertz CT molecular complexity index is 1230. The van der Waals surface area contributed by atoms with Gasteiger partial charge in [0.05, 0.1) is 24.7 Å². The topological polar surface area (TPSA) is 119 Å². The van der Waals surface area contributed by atoms with Gasteiger partial charge in [0.15, 0.2) is 0 Å². The number of amides is 3. The van der Waals surface area contributed by atoms with E-state index in [4.69, 9.17) is 8.92 Å². The van der Waals surface area contributed by atoms with Crippen molar-refractivity contribution >= 4 is 39.6 Å². The van der Waals surface area contributed by atoms with Crippen molar-refractivity contribution in [3.8, 4) is 0 Å². The zero-order chi connectivity index (χ0) is 25.0. The van der Waals surface area contributed by atoms with E-state index in [2.05, 4.69) is 5.32 Å². The normalized spacial score (nSPS) is 18.0. The molecule has 3 amide bonds. The average molecular weight is 519 g/mol. The monoisotopic (exact) mass is 518 g/mol. The van der Waals surface area contributed by atoms with Crippen molar-refractivity contribution in [1.82, 2.24) is 10.2 Å². The number of carbonyl (C=O) groups is 3. The van der Waals surface area contributed by atoms with Crippen LogP contribution in [0.2, 0.25) is 0 Å². The van der Waals surface area contributed by atoms with E-state index < -0.39 is 22.1 Å². The van der Waals surface area contributed by atoms with Crippen LogP contribution in [0, 0.1) is 6.92 Å². The Balaban J connectivity index is 1.23. The van der Waals surface area contributed by atoms with Gasteiger partial charge in [0.25, 0.3) is 16.0 Å². The maximum absolute atomic E-state index is 12.9. The van der Waals surface area contributed by atoms with Crippen LogP contribution in [0.4, 0.5) is 0 Å². The lowest BCUT2D eigenvalue weighted by Gasteiger charge is -2.29. The molecule has 1 unspecified atom stereocenters. The molecule has 35 heavy (non-hydrogen) atoms. The molecule has 1 atom stereocenters. The summed E-state index contributed by atoms with van der Waals surface area (Å²) in [6.07, 6.45) is 0.536. The molecule has 1 fully saturated rings. The number of carbonyl (C=O) groups excluding carboxylic acids is 3. The van der Waals surface area contributed by atoms with Crippen LogP contribution in [0.3, 0.4) is 0 Å². The van der Waals surface area contributed by atoms with Crippen LogP contribution in [-0.2, 0) is 35.2 Å². The van der Waals surface area contributed by atoms with Crippen molar-refractivity contribution in [1.29, 1.82) is 0 Å². The van der Waals surface area contributed by atoms with E-state index in [-0.39, 0.29) is 36.3 Å². The number of imide groups is 1. The first-order chi connectivity index (χ1) is 16.8. The third-order valence-corrected chi connectivity index (χ3v) is 8.19. The lowest BCUT2D eigenvalue weighted by molar-refractivity contribution is -0.136. The largest absolute Gasteiger partial charge is 0.378 e. The Kier molecular flexibility index (Phi) is 7.90. The van der Waals surface area contributed by atoms with E-state index in [9.17, 15) is 22.8 Å². The van der Waals surface area contributed by atoms with Gasteiger partial charge in [0.2, 0.25) is 11.8 Å². The van der Waals surface area contributed by atoms with E-state index >= 15 is 0 Å². The van der Waals surface area contributed by atoms with Gasteiger partial charge in [0, 0.05) is 29.2 Å². The van der Waals surface area contributed by atoms with Crippen LogP contribution in [0.25, 0.3) is 0 Å². The second-order valence-corrected chi connectivity index (χ2v) is 11.0. The number of fused-ring (bicyclic) bond motifs is 1. The molecule has 186 valence electrons. The summed E-state index contributed by atoms with van der Waals surface area (Å²) in [5.41, 5.74) is 2.39. The van der Waals surface area contributed by atoms with E-state index in [1.165, 1.54) is 28.8 Å². The molecule has 0 radical (unpaired) electrons. The predicted octanol–water partition coefficient (Wildman–Crippen LogP) is 2.27. The number of piperidine rings is 1. The minimum Gasteiger partial charge on any atom is -0.378 e. The van der Waals surface area contributed by atoms with Gasteiger partial charge in [0.1, 0.15) is 6.04 Å². The first-order valence-corrected chi connectivity index (χ1v) is 13.6. The van der Waals surface area contributed by atoms with Crippen molar-refractivity contribution in [2.24, 2.45) is 0 Å². The average Bonchev–Trinajstić information content (AvgIpc) is 3.15. The highest BCUT2D eigenvalue weighted by molar-refractivity contribution is 7.99. The highest BCUT2D eigenvalue weighted by Gasteiger charge is 2.39. The SMILES string of the molecule is Cc1ccc(S(=O)(=O)OCCOCCSc2cccc3c2CN(C2CCC(=O)NC2=O)C3=O)cc1. The van der Waals surface area contributed by atoms with Gasteiger partial charge < -0.3 is 9.64 Å². The molecule has 11 heteroatoms. The Morgan fingerprint density at radius 1 is 1.06 bits per heavy atom. The summed E-state index contributed by atoms with van der Waals surface area (Å²) >= 11 is 1.52. The van der Waals surface area contributed by atoms with Gasteiger partial charge in [-0.2, -0.15) is 8.42 Å². The Labute approximate surface area is 208 Å². The zero-order valence-corrected chi connectivity index (χ0v) is 20.8. The number of nitrogens with one attached hydrogen (secondary N) is 1. The molecule has 9 nitrogen and oxygen atoms in total. The molecule has 0 aliphatic carbocycles. The van der Waals surface area contributed by atoms with Crippen LogP contribution in [0.1, 0.15) is 34.3 Å². The predicted molar refractivity (Wildman–Crippen MR) is 128 cm³/mol. The number of ether oxygens (including phenoxy) is 1. The number of hydrogen-bond acceptors (Lipinski definition) is 8. The van der Waals surface area contributed by atoms with Crippen molar-refractivity contribution in [2.75, 3.05) is 25.6 Å². The fraction of sp³-hybridized carbons (Fsp3) is 0.375. The molecular weight excluding hydrogens is 492 g/mol. The summed E-state index contributed by atoms with van der Waals surface area (Å²) in [4.78, 5) is 39.1. The van der Waals surface area contributed by atoms with E-state index in [1.807, 2.05) is 13.0 Å². The summed E-state index contributed by atoms with van der Waals surface area (Å²) in [5, 5.41) is 2.31. The fourth-order valence-electron chi connectivity index (χ4n) is 3.98. The molecule has 2 heterocycles. The maximum atomic E-state index is 12.9. The Hall–Kier alpha value is -2.73. The third-order valence-electron chi connectivity index (χ3n) is 5.80. The summed E-state index contributed by atoms with van der Waals surface area (Å²) in [5.74, 6) is -0.366. The van der Waals surface area contributed by atoms with Crippen LogP contribution in [0.15, 0.2) is 52.3 Å². The maximum Gasteiger partial charge on any atom is 0.297 e. The second-order valence-electron chi connectivity index (χ2n) is 8.23. The molecule has 0 bridgehead atoms. The minimum absolute atomic E-state index is 0.0863. The highest BCUT2D eigenvalue weighted by atomic mass is 32.2. The van der Waals surface area contributed by atoms with E-state index in [0.29, 0.717) is 30.9 Å². The summed E-state index contributed by atoms with van der Waals surface area (Å²) < 4.78 is 34.9. The van der Waals surface area contributed by atoms with Crippen LogP contribution < -0.4 is 5.32 Å². The molecule has 2 aromatic rings. The highest BCUT2D eigenvalue weighted by Crippen LogP contribution is 2.34. The molecule has 0 aromatic heterocycles. The van der Waals surface area contributed by atoms with Crippen molar-refractivity contribution < 1.29 is 31.7 Å². The number of aryl methyl sites for hydroxylation is 1. The fourth-order valence-corrected chi connectivity index (χ4v) is 5.82. The zero-order valence-electron chi connectivity index (χ0n) is 19.2. The standard InChI is InChI=1S/C24H26N2O7S2/c1-16-5-7-17(8-6-16)35(30,31)33-12-11-32-13-14-34-21-4-2-3-18-19(21)15-26(24(18)29)20-9-10-22(27)25-23(20)28/h2-8,20H,9-15H2,1H3,(H,25,27,28). The molecular formula is C24H26N2O7S2. The lowest BCUT2D eigenvalue weighted by atomic mass is 10.0. The Morgan fingerprint density at radius 3 is 2.57 bits per heavy atom. The quantitative estimate of drug-likeness (QED) is 0.220.